The van der Waals surface area contributed by atoms with Gasteiger partial charge in [0.25, 0.3) is 7.51 Å². The van der Waals surface area contributed by atoms with Crippen molar-refractivity contribution in [3.63, 3.8) is 0 Å². The zero-order valence-corrected chi connectivity index (χ0v) is 35.1. The van der Waals surface area contributed by atoms with Crippen LogP contribution in [0.2, 0.25) is 0 Å². The Kier molecular flexibility index (Phi) is 11.5. The van der Waals surface area contributed by atoms with E-state index in [9.17, 15) is 0 Å². The summed E-state index contributed by atoms with van der Waals surface area (Å²) in [5.41, 5.74) is 8.91. The Morgan fingerprint density at radius 3 is 1.71 bits per heavy atom. The van der Waals surface area contributed by atoms with Gasteiger partial charge in [-0.25, -0.2) is 4.45 Å². The molecule has 0 spiro atoms. The quantitative estimate of drug-likeness (QED) is 0.181. The molecule has 5 heterocycles. The minimum absolute atomic E-state index is 0.382. The SMILES string of the molecule is Cc1cc(C)n(P2([n+]3[n-]c(C)cc3C)=NP(C3CCCCC3)(C3CCCCC3)=N[P+](n3nc(C)cc3C)([n+]3[n-]c(C)cc3C)[N-]2)n1.[Cl][Co][Cl]. The first-order valence-electron chi connectivity index (χ1n) is 17.3. The van der Waals surface area contributed by atoms with Crippen molar-refractivity contribution in [3.05, 3.63) is 74.7 Å². The molecule has 0 unspecified atom stereocenters. The van der Waals surface area contributed by atoms with Crippen LogP contribution in [-0.4, -0.2) is 30.4 Å². The summed E-state index contributed by atoms with van der Waals surface area (Å²) in [6.45, 7) is 16.9. The fraction of sp³-hybridized carbons (Fsp3) is 0.625. The molecule has 49 heavy (non-hydrogen) atoms. The Bertz CT molecular complexity index is 1800. The van der Waals surface area contributed by atoms with Crippen molar-refractivity contribution in [1.82, 2.24) is 29.3 Å². The fourth-order valence-electron chi connectivity index (χ4n) is 8.13. The van der Waals surface area contributed by atoms with Crippen LogP contribution in [0.4, 0.5) is 0 Å². The van der Waals surface area contributed by atoms with Crippen LogP contribution in [0.3, 0.4) is 0 Å². The van der Waals surface area contributed by atoms with Crippen LogP contribution in [0.25, 0.3) is 4.86 Å². The van der Waals surface area contributed by atoms with Gasteiger partial charge in [-0.15, -0.1) is 16.5 Å². The minimum atomic E-state index is -3.11. The maximum absolute atomic E-state index is 6.34. The molecule has 3 aliphatic rings. The van der Waals surface area contributed by atoms with E-state index in [1.54, 1.807) is 0 Å². The summed E-state index contributed by atoms with van der Waals surface area (Å²) in [4.78, 5) is 6.13. The van der Waals surface area contributed by atoms with Crippen LogP contribution < -0.4 is 19.1 Å². The third kappa shape index (κ3) is 6.88. The summed E-state index contributed by atoms with van der Waals surface area (Å²) >= 11 is 0.382. The van der Waals surface area contributed by atoms with E-state index in [4.69, 9.17) is 54.6 Å². The summed E-state index contributed by atoms with van der Waals surface area (Å²) in [6.07, 6.45) is 12.2. The molecule has 2 fully saturated rings. The van der Waals surface area contributed by atoms with E-state index in [0.29, 0.717) is 24.2 Å². The molecule has 17 heteroatoms. The van der Waals surface area contributed by atoms with Gasteiger partial charge in [-0.1, -0.05) is 65.8 Å². The van der Waals surface area contributed by atoms with Gasteiger partial charge in [-0.2, -0.15) is 14.1 Å². The van der Waals surface area contributed by atoms with Gasteiger partial charge in [0, 0.05) is 30.9 Å². The summed E-state index contributed by atoms with van der Waals surface area (Å²) in [7, 11) is 0.764. The van der Waals surface area contributed by atoms with Gasteiger partial charge < -0.3 is 10.2 Å². The Hall–Kier alpha value is -1.22. The van der Waals surface area contributed by atoms with Gasteiger partial charge in [0.05, 0.1) is 17.1 Å². The van der Waals surface area contributed by atoms with Gasteiger partial charge in [-0.05, 0) is 77.6 Å². The Morgan fingerprint density at radius 1 is 0.735 bits per heavy atom. The van der Waals surface area contributed by atoms with Crippen molar-refractivity contribution >= 4 is 42.9 Å². The third-order valence-electron chi connectivity index (χ3n) is 9.95. The van der Waals surface area contributed by atoms with Gasteiger partial charge in [0.2, 0.25) is 5.69 Å². The topological polar surface area (TPSA) is 110 Å². The first-order chi connectivity index (χ1) is 23.4. The van der Waals surface area contributed by atoms with Gasteiger partial charge in [0.15, 0.2) is 5.69 Å². The molecule has 0 atom stereocenters. The van der Waals surface area contributed by atoms with Gasteiger partial charge in [0.1, 0.15) is 7.21 Å². The van der Waals surface area contributed by atoms with Crippen molar-refractivity contribution in [1.29, 1.82) is 0 Å². The number of aryl methyl sites for hydroxylation is 8. The number of aromatic nitrogens is 8. The van der Waals surface area contributed by atoms with Crippen LogP contribution in [0.15, 0.2) is 33.3 Å². The molecule has 0 saturated heterocycles. The third-order valence-corrected chi connectivity index (χ3v) is 22.9. The Morgan fingerprint density at radius 2 is 1.27 bits per heavy atom. The number of rotatable bonds is 6. The van der Waals surface area contributed by atoms with Crippen LogP contribution in [0.1, 0.15) is 110 Å². The standard InChI is InChI=1S/C32H50N11P3.2ClH.Co/c1-23-19-27(5)40(33-23)45(41-28(6)20-24(2)34-41)37-44(31-15-11-9-12-16-31,32-17-13-10-14-18-32)38-46(39-45,42-29(7)21-25(3)35-42)43-30(8)22-26(4)36-43;;;/h19-22,31-32H,9-18H2,1-8H3;2*1H;/q;;;+2/p-2. The molecule has 11 nitrogen and oxygen atoms in total. The van der Waals surface area contributed by atoms with E-state index >= 15 is 0 Å². The van der Waals surface area contributed by atoms with Gasteiger partial charge >= 0.3 is 41.1 Å². The molecule has 2 aliphatic carbocycles. The van der Waals surface area contributed by atoms with Crippen LogP contribution in [0, 0.1) is 55.4 Å². The fourth-order valence-corrected chi connectivity index (χ4v) is 24.8. The second kappa shape index (κ2) is 15.0. The van der Waals surface area contributed by atoms with Crippen molar-refractivity contribution in [2.24, 2.45) is 9.03 Å². The Labute approximate surface area is 307 Å². The Balaban J connectivity index is 0.00000134. The van der Waals surface area contributed by atoms with Crippen LogP contribution in [-0.2, 0) is 12.9 Å². The molecule has 1 aliphatic heterocycles. The number of nitrogens with zero attached hydrogens (tertiary/aromatic N) is 11. The molecular weight excluding hydrogens is 761 g/mol. The predicted molar refractivity (Wildman–Crippen MR) is 198 cm³/mol. The van der Waals surface area contributed by atoms with Crippen LogP contribution in [0.5, 0.6) is 0 Å². The summed E-state index contributed by atoms with van der Waals surface area (Å²) in [5, 5.41) is 21.0. The van der Waals surface area contributed by atoms with E-state index < -0.39 is 22.6 Å². The molecule has 2 saturated carbocycles. The number of hydrogen-bond donors (Lipinski definition) is 0. The zero-order valence-electron chi connectivity index (χ0n) is 29.9. The van der Waals surface area contributed by atoms with E-state index in [1.165, 1.54) is 64.2 Å². The average Bonchev–Trinajstić information content (AvgIpc) is 3.82. The molecule has 271 valence electrons. The van der Waals surface area contributed by atoms with Crippen molar-refractivity contribution in [3.8, 4) is 0 Å². The molecule has 4 aromatic heterocycles. The predicted octanol–water partition coefficient (Wildman–Crippen LogP) is 9.70. The second-order valence-electron chi connectivity index (χ2n) is 13.9. The normalized spacial score (nSPS) is 24.7. The van der Waals surface area contributed by atoms with E-state index in [2.05, 4.69) is 97.5 Å². The van der Waals surface area contributed by atoms with Crippen molar-refractivity contribution in [2.45, 2.75) is 131 Å². The van der Waals surface area contributed by atoms with E-state index in [1.807, 2.05) is 0 Å². The molecular formula is C32H50Cl2CoN11P3. The van der Waals surface area contributed by atoms with Gasteiger partial charge in [-0.3, -0.25) is 4.86 Å². The molecule has 0 N–H and O–H groups in total. The molecule has 0 bridgehead atoms. The first-order valence-corrected chi connectivity index (χ1v) is 25.2. The summed E-state index contributed by atoms with van der Waals surface area (Å²) < 4.78 is 21.3. The molecule has 4 aromatic rings. The average molecular weight is 812 g/mol. The monoisotopic (exact) mass is 810 g/mol. The first kappa shape index (κ1) is 37.5. The summed E-state index contributed by atoms with van der Waals surface area (Å²) in [5.74, 6) is 0. The second-order valence-corrected chi connectivity index (χ2v) is 24.3. The van der Waals surface area contributed by atoms with Crippen molar-refractivity contribution < 1.29 is 21.8 Å². The van der Waals surface area contributed by atoms with Crippen molar-refractivity contribution in [2.75, 3.05) is 0 Å². The molecule has 0 aromatic carbocycles. The number of hydrogen-bond acceptors (Lipinski definition) is 4. The molecule has 7 rings (SSSR count). The molecule has 0 radical (unpaired) electrons. The summed E-state index contributed by atoms with van der Waals surface area (Å²) in [6, 6.07) is 8.66. The number of halogens is 2. The van der Waals surface area contributed by atoms with E-state index in [-0.39, 0.29) is 0 Å². The zero-order chi connectivity index (χ0) is 35.1. The van der Waals surface area contributed by atoms with E-state index in [0.717, 1.165) is 45.6 Å². The van der Waals surface area contributed by atoms with Crippen LogP contribution >= 0.6 is 42.9 Å². The molecule has 0 amide bonds. The maximum atomic E-state index is 6.34.